The van der Waals surface area contributed by atoms with Crippen molar-refractivity contribution in [2.75, 3.05) is 0 Å². The second-order valence-electron chi connectivity index (χ2n) is 6.33. The fourth-order valence-electron chi connectivity index (χ4n) is 2.88. The number of aromatic hydroxyl groups is 1. The third kappa shape index (κ3) is 3.26. The molecule has 1 aromatic heterocycles. The van der Waals surface area contributed by atoms with Crippen molar-refractivity contribution in [1.82, 2.24) is 4.57 Å². The zero-order valence-corrected chi connectivity index (χ0v) is 17.1. The molecule has 1 aliphatic heterocycles. The predicted molar refractivity (Wildman–Crippen MR) is 103 cm³/mol. The van der Waals surface area contributed by atoms with Gasteiger partial charge in [-0.1, -0.05) is 29.8 Å². The Bertz CT molecular complexity index is 1100. The molecule has 0 saturated carbocycles. The van der Waals surface area contributed by atoms with Gasteiger partial charge in [-0.25, -0.2) is 9.79 Å². The molecule has 1 atom stereocenters. The second-order valence-corrected chi connectivity index (χ2v) is 8.89. The summed E-state index contributed by atoms with van der Waals surface area (Å²) in [6.45, 7) is 3.79. The molecule has 0 bridgehead atoms. The van der Waals surface area contributed by atoms with Gasteiger partial charge in [0.15, 0.2) is 3.95 Å². The average Bonchev–Trinajstić information content (AvgIpc) is 3.00. The van der Waals surface area contributed by atoms with Gasteiger partial charge < -0.3 is 10.2 Å². The minimum absolute atomic E-state index is 0.0909. The zero-order valence-electron chi connectivity index (χ0n) is 13.9. The molecule has 136 valence electrons. The highest BCUT2D eigenvalue weighted by Crippen LogP contribution is 2.36. The number of hydrogen-bond donors (Lipinski definition) is 2. The molecule has 2 aromatic rings. The van der Waals surface area contributed by atoms with Crippen molar-refractivity contribution in [3.63, 3.8) is 0 Å². The normalized spacial score (nSPS) is 14.5. The Morgan fingerprint density at radius 2 is 2.12 bits per heavy atom. The van der Waals surface area contributed by atoms with Crippen molar-refractivity contribution in [1.29, 1.82) is 0 Å². The summed E-state index contributed by atoms with van der Waals surface area (Å²) < 4.78 is 2.19. The number of carbonyl (C=O) groups is 2. The Morgan fingerprint density at radius 3 is 2.73 bits per heavy atom. The van der Waals surface area contributed by atoms with Gasteiger partial charge in [0.1, 0.15) is 10.9 Å². The second kappa shape index (κ2) is 7.05. The Kier molecular flexibility index (Phi) is 5.14. The molecule has 2 heterocycles. The van der Waals surface area contributed by atoms with Crippen LogP contribution >= 0.6 is 39.5 Å². The number of aliphatic carboxylic acids is 1. The lowest BCUT2D eigenvalue weighted by Crippen LogP contribution is -2.23. The molecule has 1 aliphatic rings. The summed E-state index contributed by atoms with van der Waals surface area (Å²) in [6.07, 6.45) is 0.309. The number of fused-ring (bicyclic) bond motifs is 1. The summed E-state index contributed by atoms with van der Waals surface area (Å²) >= 11 is 9.68. The molecular weight excluding hydrogens is 440 g/mol. The molecule has 1 aromatic carbocycles. The summed E-state index contributed by atoms with van der Waals surface area (Å²) in [6, 6.07) is 4.22. The van der Waals surface area contributed by atoms with Crippen LogP contribution in [-0.4, -0.2) is 26.7 Å². The number of halogens is 1. The highest BCUT2D eigenvalue weighted by Gasteiger charge is 2.30. The van der Waals surface area contributed by atoms with E-state index in [1.165, 1.54) is 4.57 Å². The first kappa shape index (κ1) is 18.9. The Morgan fingerprint density at radius 1 is 1.42 bits per heavy atom. The zero-order chi connectivity index (χ0) is 19.2. The van der Waals surface area contributed by atoms with Crippen molar-refractivity contribution in [2.45, 2.75) is 26.3 Å². The van der Waals surface area contributed by atoms with Gasteiger partial charge >= 0.3 is 5.97 Å². The van der Waals surface area contributed by atoms with Gasteiger partial charge in [-0.2, -0.15) is 0 Å². The molecular formula is C17H15BrN2O4S2. The lowest BCUT2D eigenvalue weighted by Gasteiger charge is -2.17. The molecule has 0 aliphatic carbocycles. The van der Waals surface area contributed by atoms with Crippen LogP contribution in [0.2, 0.25) is 0 Å². The number of hydrogen-bond acceptors (Lipinski definition) is 5. The van der Waals surface area contributed by atoms with E-state index >= 15 is 0 Å². The van der Waals surface area contributed by atoms with E-state index in [-0.39, 0.29) is 26.2 Å². The number of carboxylic acids is 1. The molecule has 6 nitrogen and oxygen atoms in total. The minimum atomic E-state index is -1.08. The van der Waals surface area contributed by atoms with Gasteiger partial charge in [0.25, 0.3) is 5.91 Å². The highest BCUT2D eigenvalue weighted by molar-refractivity contribution is 9.10. The summed E-state index contributed by atoms with van der Waals surface area (Å²) in [4.78, 5) is 28.4. The van der Waals surface area contributed by atoms with Crippen molar-refractivity contribution in [2.24, 2.45) is 10.9 Å². The van der Waals surface area contributed by atoms with E-state index < -0.39 is 17.9 Å². The molecule has 1 unspecified atom stereocenters. The quantitative estimate of drug-likeness (QED) is 0.677. The number of carboxylic acid groups (broad SMARTS) is 1. The van der Waals surface area contributed by atoms with Crippen molar-refractivity contribution in [3.8, 4) is 5.88 Å². The maximum atomic E-state index is 12.4. The fourth-order valence-corrected chi connectivity index (χ4v) is 4.69. The van der Waals surface area contributed by atoms with E-state index in [0.717, 1.165) is 15.8 Å². The van der Waals surface area contributed by atoms with Crippen LogP contribution < -0.4 is 10.6 Å². The van der Waals surface area contributed by atoms with E-state index in [4.69, 9.17) is 12.2 Å². The average molecular weight is 455 g/mol. The number of carbonyl (C=O) groups excluding carboxylic acids is 1. The fraction of sp³-hybridized carbons (Fsp3) is 0.294. The SMILES string of the molecule is CC(C)CC(C(=O)O)n1c(O)c(C2=c3cc(Br)ccc3=NC2=O)sc1=S. The number of rotatable bonds is 5. The maximum absolute atomic E-state index is 12.4. The van der Waals surface area contributed by atoms with E-state index in [2.05, 4.69) is 20.9 Å². The van der Waals surface area contributed by atoms with Crippen LogP contribution in [0.15, 0.2) is 27.7 Å². The Labute approximate surface area is 166 Å². The molecule has 3 rings (SSSR count). The maximum Gasteiger partial charge on any atom is 0.326 e. The molecule has 1 amide bonds. The van der Waals surface area contributed by atoms with Gasteiger partial charge in [-0.3, -0.25) is 9.36 Å². The lowest BCUT2D eigenvalue weighted by molar-refractivity contribution is -0.141. The lowest BCUT2D eigenvalue weighted by atomic mass is 10.0. The van der Waals surface area contributed by atoms with Crippen LogP contribution in [0.25, 0.3) is 5.57 Å². The van der Waals surface area contributed by atoms with Gasteiger partial charge in [0.2, 0.25) is 5.88 Å². The molecule has 9 heteroatoms. The summed E-state index contributed by atoms with van der Waals surface area (Å²) in [5.41, 5.74) is 0.238. The Hall–Kier alpha value is -1.84. The van der Waals surface area contributed by atoms with Crippen molar-refractivity contribution >= 4 is 56.9 Å². The van der Waals surface area contributed by atoms with E-state index in [0.29, 0.717) is 17.0 Å². The number of nitrogens with zero attached hydrogens (tertiary/aromatic N) is 2. The van der Waals surface area contributed by atoms with Gasteiger partial charge in [-0.05, 0) is 42.8 Å². The van der Waals surface area contributed by atoms with E-state index in [9.17, 15) is 19.8 Å². The van der Waals surface area contributed by atoms with Crippen molar-refractivity contribution < 1.29 is 19.8 Å². The molecule has 0 saturated heterocycles. The summed E-state index contributed by atoms with van der Waals surface area (Å²) in [5, 5.41) is 21.4. The Balaban J connectivity index is 2.26. The van der Waals surface area contributed by atoms with Crippen LogP contribution in [0.4, 0.5) is 0 Å². The van der Waals surface area contributed by atoms with Crippen LogP contribution in [-0.2, 0) is 9.59 Å². The highest BCUT2D eigenvalue weighted by atomic mass is 79.9. The van der Waals surface area contributed by atoms with E-state index in [1.54, 1.807) is 18.2 Å². The number of benzene rings is 1. The first-order valence-electron chi connectivity index (χ1n) is 7.81. The minimum Gasteiger partial charge on any atom is -0.493 e. The van der Waals surface area contributed by atoms with Crippen LogP contribution in [0.3, 0.4) is 0 Å². The van der Waals surface area contributed by atoms with Crippen LogP contribution in [0, 0.1) is 9.87 Å². The largest absolute Gasteiger partial charge is 0.493 e. The third-order valence-corrected chi connectivity index (χ3v) is 5.90. The topological polar surface area (TPSA) is 91.9 Å². The van der Waals surface area contributed by atoms with E-state index in [1.807, 2.05) is 13.8 Å². The molecule has 26 heavy (non-hydrogen) atoms. The first-order valence-corrected chi connectivity index (χ1v) is 9.83. The van der Waals surface area contributed by atoms with Crippen LogP contribution in [0.5, 0.6) is 5.88 Å². The number of amides is 1. The summed E-state index contributed by atoms with van der Waals surface area (Å²) in [7, 11) is 0. The standard InChI is InChI=1S/C17H15BrN2O4S2/c1-7(2)5-11(16(23)24)20-15(22)13(26-17(20)25)12-9-6-8(18)3-4-10(9)19-14(12)21/h3-4,6-7,11,22H,5H2,1-2H3,(H,23,24). The molecule has 0 spiro atoms. The van der Waals surface area contributed by atoms with Crippen molar-refractivity contribution in [3.05, 3.63) is 42.1 Å². The van der Waals surface area contributed by atoms with Gasteiger partial charge in [0.05, 0.1) is 10.9 Å². The molecule has 0 radical (unpaired) electrons. The monoisotopic (exact) mass is 454 g/mol. The summed E-state index contributed by atoms with van der Waals surface area (Å²) in [5.74, 6) is -1.77. The predicted octanol–water partition coefficient (Wildman–Crippen LogP) is 2.78. The molecule has 0 fully saturated rings. The first-order chi connectivity index (χ1) is 12.2. The van der Waals surface area contributed by atoms with Gasteiger partial charge in [-0.15, -0.1) is 11.3 Å². The third-order valence-electron chi connectivity index (χ3n) is 4.00. The van der Waals surface area contributed by atoms with Gasteiger partial charge in [0, 0.05) is 9.69 Å². The molecule has 2 N–H and O–H groups in total. The number of aromatic nitrogens is 1. The smallest absolute Gasteiger partial charge is 0.326 e. The number of thiazole rings is 1. The van der Waals surface area contributed by atoms with Crippen LogP contribution in [0.1, 0.15) is 31.2 Å².